The van der Waals surface area contributed by atoms with Crippen LogP contribution in [0.25, 0.3) is 5.65 Å². The molecule has 4 rings (SSSR count). The van der Waals surface area contributed by atoms with Crippen molar-refractivity contribution in [3.63, 3.8) is 0 Å². The summed E-state index contributed by atoms with van der Waals surface area (Å²) in [7, 11) is 0. The van der Waals surface area contributed by atoms with E-state index < -0.39 is 5.79 Å². The molecule has 23 heavy (non-hydrogen) atoms. The van der Waals surface area contributed by atoms with E-state index in [1.807, 2.05) is 18.2 Å². The molecule has 1 unspecified atom stereocenters. The van der Waals surface area contributed by atoms with E-state index in [2.05, 4.69) is 10.3 Å². The first-order chi connectivity index (χ1) is 11.2. The number of nitrogens with one attached hydrogen (secondary N) is 1. The van der Waals surface area contributed by atoms with Crippen LogP contribution < -0.4 is 5.32 Å². The maximum atomic E-state index is 12.8. The minimum absolute atomic E-state index is 0.170. The van der Waals surface area contributed by atoms with E-state index in [0.717, 1.165) is 25.7 Å². The van der Waals surface area contributed by atoms with Crippen LogP contribution in [0.15, 0.2) is 24.4 Å². The molecule has 2 aromatic heterocycles. The molecule has 0 radical (unpaired) electrons. The number of hydrogen-bond acceptors (Lipinski definition) is 4. The molecule has 1 spiro atoms. The van der Waals surface area contributed by atoms with Crippen molar-refractivity contribution in [3.8, 4) is 0 Å². The molecule has 1 aliphatic heterocycles. The van der Waals surface area contributed by atoms with Gasteiger partial charge >= 0.3 is 0 Å². The highest BCUT2D eigenvalue weighted by atomic mass is 35.5. The molecule has 1 saturated heterocycles. The second kappa shape index (κ2) is 5.78. The number of nitrogens with zero attached hydrogens (tertiary/aromatic N) is 2. The number of amides is 1. The van der Waals surface area contributed by atoms with Gasteiger partial charge in [-0.05, 0) is 25.0 Å². The zero-order valence-electron chi connectivity index (χ0n) is 12.6. The first-order valence-corrected chi connectivity index (χ1v) is 8.29. The summed E-state index contributed by atoms with van der Waals surface area (Å²) in [6.07, 6.45) is 5.50. The number of fused-ring (bicyclic) bond motifs is 1. The van der Waals surface area contributed by atoms with Crippen molar-refractivity contribution in [2.45, 2.75) is 37.5 Å². The summed E-state index contributed by atoms with van der Waals surface area (Å²) in [5.74, 6) is -0.931. The van der Waals surface area contributed by atoms with Crippen LogP contribution in [-0.2, 0) is 9.47 Å². The van der Waals surface area contributed by atoms with Gasteiger partial charge in [0, 0.05) is 12.6 Å². The molecule has 1 amide bonds. The van der Waals surface area contributed by atoms with Crippen LogP contribution in [0.4, 0.5) is 0 Å². The number of imidazole rings is 1. The molecule has 1 atom stereocenters. The smallest absolute Gasteiger partial charge is 0.271 e. The van der Waals surface area contributed by atoms with E-state index >= 15 is 0 Å². The third-order valence-electron chi connectivity index (χ3n) is 4.58. The lowest BCUT2D eigenvalue weighted by atomic mass is 9.89. The highest BCUT2D eigenvalue weighted by Crippen LogP contribution is 2.36. The summed E-state index contributed by atoms with van der Waals surface area (Å²) < 4.78 is 13.4. The zero-order chi connectivity index (χ0) is 15.9. The maximum absolute atomic E-state index is 12.8. The van der Waals surface area contributed by atoms with Gasteiger partial charge in [-0.3, -0.25) is 9.20 Å². The Morgan fingerprint density at radius 1 is 1.35 bits per heavy atom. The molecule has 1 aliphatic carbocycles. The summed E-state index contributed by atoms with van der Waals surface area (Å²) in [5.41, 5.74) is 0.996. The van der Waals surface area contributed by atoms with E-state index in [1.54, 1.807) is 10.6 Å². The quantitative estimate of drug-likeness (QED) is 0.915. The fraction of sp³-hybridized carbons (Fsp3) is 0.500. The molecule has 3 heterocycles. The SMILES string of the molecule is O=C(NC1CCCCC12OCCO2)c1c(Cl)nc2ccccn12. The number of aromatic nitrogens is 2. The molecular weight excluding hydrogens is 318 g/mol. The Morgan fingerprint density at radius 2 is 2.17 bits per heavy atom. The summed E-state index contributed by atoms with van der Waals surface area (Å²) >= 11 is 6.18. The van der Waals surface area contributed by atoms with Crippen LogP contribution in [0.2, 0.25) is 5.15 Å². The molecule has 2 aliphatic rings. The minimum atomic E-state index is -0.680. The molecule has 122 valence electrons. The van der Waals surface area contributed by atoms with E-state index in [4.69, 9.17) is 21.1 Å². The first-order valence-electron chi connectivity index (χ1n) is 7.91. The molecular formula is C16H18ClN3O3. The molecule has 0 bridgehead atoms. The highest BCUT2D eigenvalue weighted by Gasteiger charge is 2.46. The van der Waals surface area contributed by atoms with Gasteiger partial charge in [-0.25, -0.2) is 4.98 Å². The summed E-state index contributed by atoms with van der Waals surface area (Å²) in [4.78, 5) is 17.0. The zero-order valence-corrected chi connectivity index (χ0v) is 13.4. The van der Waals surface area contributed by atoms with Gasteiger partial charge in [-0.2, -0.15) is 0 Å². The van der Waals surface area contributed by atoms with Gasteiger partial charge in [0.1, 0.15) is 5.65 Å². The van der Waals surface area contributed by atoms with Gasteiger partial charge in [0.2, 0.25) is 0 Å². The summed E-state index contributed by atoms with van der Waals surface area (Å²) in [6.45, 7) is 1.14. The van der Waals surface area contributed by atoms with E-state index in [1.165, 1.54) is 0 Å². The van der Waals surface area contributed by atoms with Gasteiger partial charge in [0.15, 0.2) is 16.6 Å². The fourth-order valence-corrected chi connectivity index (χ4v) is 3.77. The van der Waals surface area contributed by atoms with Gasteiger partial charge in [0.05, 0.1) is 19.3 Å². The summed E-state index contributed by atoms with van der Waals surface area (Å²) in [5, 5.41) is 3.25. The monoisotopic (exact) mass is 335 g/mol. The van der Waals surface area contributed by atoms with Crippen molar-refractivity contribution < 1.29 is 14.3 Å². The Morgan fingerprint density at radius 3 is 3.00 bits per heavy atom. The van der Waals surface area contributed by atoms with Crippen molar-refractivity contribution >= 4 is 23.2 Å². The van der Waals surface area contributed by atoms with Crippen molar-refractivity contribution in [1.82, 2.24) is 14.7 Å². The van der Waals surface area contributed by atoms with Gasteiger partial charge in [-0.15, -0.1) is 0 Å². The van der Waals surface area contributed by atoms with Crippen LogP contribution in [0, 0.1) is 0 Å². The number of pyridine rings is 1. The first kappa shape index (κ1) is 14.9. The molecule has 1 saturated carbocycles. The fourth-order valence-electron chi connectivity index (χ4n) is 3.51. The Hall–Kier alpha value is -1.63. The molecule has 6 nitrogen and oxygen atoms in total. The average Bonchev–Trinajstić information content (AvgIpc) is 3.14. The molecule has 7 heteroatoms. The normalized spacial score (nSPS) is 23.4. The minimum Gasteiger partial charge on any atom is -0.346 e. The lowest BCUT2D eigenvalue weighted by Gasteiger charge is -2.39. The number of hydrogen-bond donors (Lipinski definition) is 1. The van der Waals surface area contributed by atoms with Crippen LogP contribution in [-0.4, -0.2) is 40.3 Å². The maximum Gasteiger partial charge on any atom is 0.271 e. The van der Waals surface area contributed by atoms with E-state index in [9.17, 15) is 4.79 Å². The molecule has 1 N–H and O–H groups in total. The van der Waals surface area contributed by atoms with Crippen molar-refractivity contribution in [1.29, 1.82) is 0 Å². The summed E-state index contributed by atoms with van der Waals surface area (Å²) in [6, 6.07) is 5.34. The van der Waals surface area contributed by atoms with Crippen molar-refractivity contribution in [2.24, 2.45) is 0 Å². The Kier molecular flexibility index (Phi) is 3.75. The van der Waals surface area contributed by atoms with Gasteiger partial charge < -0.3 is 14.8 Å². The highest BCUT2D eigenvalue weighted by molar-refractivity contribution is 6.32. The van der Waals surface area contributed by atoms with Gasteiger partial charge in [0.25, 0.3) is 5.91 Å². The van der Waals surface area contributed by atoms with Gasteiger partial charge in [-0.1, -0.05) is 24.1 Å². The topological polar surface area (TPSA) is 64.9 Å². The molecule has 2 aromatic rings. The lowest BCUT2D eigenvalue weighted by Crippen LogP contribution is -2.55. The number of carbonyl (C=O) groups excluding carboxylic acids is 1. The van der Waals surface area contributed by atoms with Crippen molar-refractivity contribution in [2.75, 3.05) is 13.2 Å². The average molecular weight is 336 g/mol. The Bertz CT molecular complexity index is 739. The predicted molar refractivity (Wildman–Crippen MR) is 84.6 cm³/mol. The second-order valence-electron chi connectivity index (χ2n) is 5.96. The van der Waals surface area contributed by atoms with Crippen LogP contribution in [0.3, 0.4) is 0 Å². The predicted octanol–water partition coefficient (Wildman–Crippen LogP) is 2.40. The van der Waals surface area contributed by atoms with Crippen LogP contribution in [0.5, 0.6) is 0 Å². The number of ether oxygens (including phenoxy) is 2. The standard InChI is InChI=1S/C16H18ClN3O3/c17-14-13(20-8-4-2-6-12(20)19-14)15(21)18-11-5-1-3-7-16(11)22-9-10-23-16/h2,4,6,8,11H,1,3,5,7,9-10H2,(H,18,21). The Labute approximate surface area is 138 Å². The lowest BCUT2D eigenvalue weighted by molar-refractivity contribution is -0.192. The van der Waals surface area contributed by atoms with Crippen LogP contribution >= 0.6 is 11.6 Å². The second-order valence-corrected chi connectivity index (χ2v) is 6.32. The van der Waals surface area contributed by atoms with Crippen molar-refractivity contribution in [3.05, 3.63) is 35.2 Å². The largest absolute Gasteiger partial charge is 0.346 e. The number of halogens is 1. The molecule has 0 aromatic carbocycles. The third kappa shape index (κ3) is 2.51. The number of carbonyl (C=O) groups is 1. The van der Waals surface area contributed by atoms with E-state index in [-0.39, 0.29) is 17.1 Å². The molecule has 2 fully saturated rings. The third-order valence-corrected chi connectivity index (χ3v) is 4.85. The van der Waals surface area contributed by atoms with E-state index in [0.29, 0.717) is 24.6 Å². The Balaban J connectivity index is 1.62. The van der Waals surface area contributed by atoms with Crippen LogP contribution in [0.1, 0.15) is 36.2 Å². The number of rotatable bonds is 2.